The van der Waals surface area contributed by atoms with Gasteiger partial charge in [0.1, 0.15) is 11.3 Å². The smallest absolute Gasteiger partial charge is 0.332 e. The quantitative estimate of drug-likeness (QED) is 0.665. The summed E-state index contributed by atoms with van der Waals surface area (Å²) in [6.45, 7) is 4.89. The molecule has 0 radical (unpaired) electrons. The molecule has 170 valence electrons. The Morgan fingerprint density at radius 1 is 1.06 bits per heavy atom. The van der Waals surface area contributed by atoms with Gasteiger partial charge in [-0.3, -0.25) is 18.7 Å². The number of nitrogens with one attached hydrogen (secondary N) is 1. The fourth-order valence-corrected chi connectivity index (χ4v) is 6.22. The van der Waals surface area contributed by atoms with Gasteiger partial charge in [0.25, 0.3) is 5.56 Å². The lowest BCUT2D eigenvalue weighted by Crippen LogP contribution is -2.44. The van der Waals surface area contributed by atoms with Crippen molar-refractivity contribution >= 4 is 17.1 Å². The van der Waals surface area contributed by atoms with Gasteiger partial charge < -0.3 is 10.1 Å². The molecule has 0 aliphatic heterocycles. The van der Waals surface area contributed by atoms with Crippen LogP contribution in [0.25, 0.3) is 11.2 Å². The molecule has 31 heavy (non-hydrogen) atoms. The highest BCUT2D eigenvalue weighted by Crippen LogP contribution is 2.57. The van der Waals surface area contributed by atoms with Crippen LogP contribution in [0.4, 0.5) is 0 Å². The Kier molecular flexibility index (Phi) is 5.83. The van der Waals surface area contributed by atoms with E-state index >= 15 is 0 Å². The van der Waals surface area contributed by atoms with Crippen LogP contribution >= 0.6 is 0 Å². The number of carboxylic acid groups (broad SMARTS) is 1. The molecule has 4 rings (SSSR count). The monoisotopic (exact) mass is 430 g/mol. The molecule has 0 atom stereocenters. The maximum Gasteiger partial charge on any atom is 0.332 e. The summed E-state index contributed by atoms with van der Waals surface area (Å²) in [5.74, 6) is 0.0807. The number of carbonyl (C=O) groups is 1. The number of rotatable bonds is 8. The number of aromatic amines is 1. The molecule has 0 amide bonds. The normalized spacial score (nSPS) is 25.7. The van der Waals surface area contributed by atoms with Crippen molar-refractivity contribution in [2.75, 3.05) is 0 Å². The summed E-state index contributed by atoms with van der Waals surface area (Å²) in [5.41, 5.74) is 0.217. The molecule has 8 heteroatoms. The fourth-order valence-electron chi connectivity index (χ4n) is 6.22. The molecular formula is C23H34N4O4. The van der Waals surface area contributed by atoms with Crippen LogP contribution in [-0.2, 0) is 23.3 Å². The SMILES string of the molecule is CCCn1c(=O)c2[nH]c(C34CCCC(CCC(=O)O)(CCC3)C4)nc2n(CCC)c1=O. The molecule has 0 saturated heterocycles. The number of carboxylic acids is 1. The zero-order valence-corrected chi connectivity index (χ0v) is 18.7. The first-order valence-electron chi connectivity index (χ1n) is 11.8. The van der Waals surface area contributed by atoms with Crippen LogP contribution in [0.1, 0.15) is 90.3 Å². The van der Waals surface area contributed by atoms with E-state index in [9.17, 15) is 19.5 Å². The van der Waals surface area contributed by atoms with Gasteiger partial charge in [-0.15, -0.1) is 0 Å². The number of H-pyrrole nitrogens is 1. The van der Waals surface area contributed by atoms with E-state index in [0.29, 0.717) is 37.1 Å². The first-order valence-corrected chi connectivity index (χ1v) is 11.8. The van der Waals surface area contributed by atoms with Gasteiger partial charge in [-0.2, -0.15) is 0 Å². The Hall–Kier alpha value is -2.38. The van der Waals surface area contributed by atoms with E-state index in [-0.39, 0.29) is 28.5 Å². The van der Waals surface area contributed by atoms with E-state index in [0.717, 1.165) is 57.2 Å². The average molecular weight is 431 g/mol. The van der Waals surface area contributed by atoms with Crippen molar-refractivity contribution in [2.45, 2.75) is 103 Å². The number of aromatic nitrogens is 4. The number of fused-ring (bicyclic) bond motifs is 3. The zero-order valence-electron chi connectivity index (χ0n) is 18.7. The number of aliphatic carboxylic acids is 1. The van der Waals surface area contributed by atoms with Crippen molar-refractivity contribution in [3.8, 4) is 0 Å². The predicted octanol–water partition coefficient (Wildman–Crippen LogP) is 3.55. The molecule has 0 spiro atoms. The van der Waals surface area contributed by atoms with Crippen molar-refractivity contribution < 1.29 is 9.90 Å². The Morgan fingerprint density at radius 3 is 2.32 bits per heavy atom. The van der Waals surface area contributed by atoms with E-state index in [4.69, 9.17) is 4.98 Å². The molecule has 8 nitrogen and oxygen atoms in total. The number of nitrogens with zero attached hydrogens (tertiary/aromatic N) is 3. The number of hydrogen-bond acceptors (Lipinski definition) is 4. The minimum Gasteiger partial charge on any atom is -0.481 e. The fraction of sp³-hybridized carbons (Fsp3) is 0.739. The molecule has 2 aromatic heterocycles. The van der Waals surface area contributed by atoms with Gasteiger partial charge in [0.2, 0.25) is 0 Å². The van der Waals surface area contributed by atoms with Crippen LogP contribution < -0.4 is 11.2 Å². The van der Waals surface area contributed by atoms with E-state index < -0.39 is 5.97 Å². The van der Waals surface area contributed by atoms with Gasteiger partial charge in [0.05, 0.1) is 0 Å². The Labute approximate surface area is 181 Å². The lowest BCUT2D eigenvalue weighted by molar-refractivity contribution is -0.138. The molecule has 2 aliphatic carbocycles. The van der Waals surface area contributed by atoms with Gasteiger partial charge in [0.15, 0.2) is 5.65 Å². The first kappa shape index (κ1) is 21.8. The summed E-state index contributed by atoms with van der Waals surface area (Å²) in [6.07, 6.45) is 9.49. The third-order valence-corrected chi connectivity index (χ3v) is 7.57. The topological polar surface area (TPSA) is 110 Å². The zero-order chi connectivity index (χ0) is 22.2. The Balaban J connectivity index is 1.81. The van der Waals surface area contributed by atoms with Crippen molar-refractivity contribution in [3.63, 3.8) is 0 Å². The molecule has 0 unspecified atom stereocenters. The van der Waals surface area contributed by atoms with Crippen molar-refractivity contribution in [3.05, 3.63) is 26.7 Å². The first-order chi connectivity index (χ1) is 14.8. The highest BCUT2D eigenvalue weighted by Gasteiger charge is 2.50. The van der Waals surface area contributed by atoms with Crippen LogP contribution in [0.3, 0.4) is 0 Å². The molecule has 2 heterocycles. The van der Waals surface area contributed by atoms with Crippen LogP contribution in [-0.4, -0.2) is 30.2 Å². The summed E-state index contributed by atoms with van der Waals surface area (Å²) >= 11 is 0. The van der Waals surface area contributed by atoms with Crippen LogP contribution in [0.2, 0.25) is 0 Å². The second-order valence-electron chi connectivity index (χ2n) is 9.73. The summed E-state index contributed by atoms with van der Waals surface area (Å²) < 4.78 is 2.98. The lowest BCUT2D eigenvalue weighted by Gasteiger charge is -2.51. The Bertz CT molecular complexity index is 1080. The summed E-state index contributed by atoms with van der Waals surface area (Å²) in [5, 5.41) is 9.23. The van der Waals surface area contributed by atoms with Crippen molar-refractivity contribution in [1.29, 1.82) is 0 Å². The standard InChI is InChI=1S/C23H34N4O4/c1-3-13-26-18-17(19(30)27(14-4-2)21(26)31)24-20(25-18)23-10-5-8-22(15-23,9-6-11-23)12-7-16(28)29/h3-15H2,1-2H3,(H,24,25)(H,28,29). The van der Waals surface area contributed by atoms with Crippen molar-refractivity contribution in [2.24, 2.45) is 5.41 Å². The highest BCUT2D eigenvalue weighted by atomic mass is 16.4. The minimum atomic E-state index is -0.736. The maximum absolute atomic E-state index is 13.1. The molecule has 2 aromatic rings. The van der Waals surface area contributed by atoms with E-state index in [1.165, 1.54) is 4.57 Å². The number of hydrogen-bond donors (Lipinski definition) is 2. The molecule has 2 fully saturated rings. The van der Waals surface area contributed by atoms with Crippen LogP contribution in [0.5, 0.6) is 0 Å². The number of imidazole rings is 1. The van der Waals surface area contributed by atoms with Gasteiger partial charge in [-0.25, -0.2) is 9.78 Å². The maximum atomic E-state index is 13.1. The van der Waals surface area contributed by atoms with Gasteiger partial charge in [0, 0.05) is 24.9 Å². The molecule has 2 bridgehead atoms. The van der Waals surface area contributed by atoms with E-state index in [1.807, 2.05) is 13.8 Å². The third kappa shape index (κ3) is 3.74. The minimum absolute atomic E-state index is 0.0410. The van der Waals surface area contributed by atoms with Crippen LogP contribution in [0, 0.1) is 5.41 Å². The van der Waals surface area contributed by atoms with Gasteiger partial charge in [-0.05, 0) is 56.8 Å². The average Bonchev–Trinajstić information content (AvgIpc) is 3.19. The molecule has 2 saturated carbocycles. The molecule has 0 aromatic carbocycles. The number of aryl methyl sites for hydroxylation is 1. The van der Waals surface area contributed by atoms with E-state index in [1.54, 1.807) is 4.57 Å². The predicted molar refractivity (Wildman–Crippen MR) is 118 cm³/mol. The molecular weight excluding hydrogens is 396 g/mol. The third-order valence-electron chi connectivity index (χ3n) is 7.57. The second kappa shape index (κ2) is 8.28. The van der Waals surface area contributed by atoms with Gasteiger partial charge in [-0.1, -0.05) is 26.7 Å². The highest BCUT2D eigenvalue weighted by molar-refractivity contribution is 5.70. The lowest BCUT2D eigenvalue weighted by atomic mass is 9.53. The van der Waals surface area contributed by atoms with Crippen molar-refractivity contribution in [1.82, 2.24) is 19.1 Å². The molecule has 2 N–H and O–H groups in total. The Morgan fingerprint density at radius 2 is 1.71 bits per heavy atom. The van der Waals surface area contributed by atoms with Crippen LogP contribution in [0.15, 0.2) is 9.59 Å². The summed E-state index contributed by atoms with van der Waals surface area (Å²) in [6, 6.07) is 0. The second-order valence-corrected chi connectivity index (χ2v) is 9.73. The summed E-state index contributed by atoms with van der Waals surface area (Å²) in [4.78, 5) is 45.6. The molecule has 2 aliphatic rings. The van der Waals surface area contributed by atoms with E-state index in [2.05, 4.69) is 4.98 Å². The van der Waals surface area contributed by atoms with Gasteiger partial charge >= 0.3 is 11.7 Å². The summed E-state index contributed by atoms with van der Waals surface area (Å²) in [7, 11) is 0. The largest absolute Gasteiger partial charge is 0.481 e.